The van der Waals surface area contributed by atoms with Gasteiger partial charge in [0.1, 0.15) is 0 Å². The molecule has 0 amide bonds. The Labute approximate surface area is 103 Å². The molecule has 2 aliphatic heterocycles. The fraction of sp³-hybridized carbons (Fsp3) is 0.571. The van der Waals surface area contributed by atoms with E-state index in [2.05, 4.69) is 24.0 Å². The van der Waals surface area contributed by atoms with E-state index < -0.39 is 0 Å². The second-order valence-electron chi connectivity index (χ2n) is 5.17. The van der Waals surface area contributed by atoms with Crippen molar-refractivity contribution in [3.8, 4) is 0 Å². The fourth-order valence-corrected chi connectivity index (χ4v) is 3.20. The molecule has 17 heavy (non-hydrogen) atoms. The normalized spacial score (nSPS) is 31.1. The molecule has 0 radical (unpaired) electrons. The number of hydrogen-bond acceptors (Lipinski definition) is 3. The van der Waals surface area contributed by atoms with Crippen LogP contribution in [-0.2, 0) is 4.74 Å². The zero-order chi connectivity index (χ0) is 11.8. The molecule has 0 unspecified atom stereocenters. The average molecular weight is 232 g/mol. The molecule has 3 fully saturated rings. The number of nitrogen functional groups attached to an aromatic ring is 1. The maximum atomic E-state index is 5.80. The Bertz CT molecular complexity index is 378. The first-order chi connectivity index (χ1) is 8.28. The molecule has 0 spiro atoms. The maximum absolute atomic E-state index is 5.80. The Hall–Kier alpha value is -1.22. The quantitative estimate of drug-likeness (QED) is 0.811. The van der Waals surface area contributed by atoms with Crippen molar-refractivity contribution in [2.75, 3.05) is 30.3 Å². The van der Waals surface area contributed by atoms with Gasteiger partial charge in [0.25, 0.3) is 0 Å². The Kier molecular flexibility index (Phi) is 2.71. The number of nitrogens with two attached hydrogens (primary N) is 1. The lowest BCUT2D eigenvalue weighted by Gasteiger charge is -2.53. The molecule has 1 saturated carbocycles. The Morgan fingerprint density at radius 2 is 1.88 bits per heavy atom. The summed E-state index contributed by atoms with van der Waals surface area (Å²) in [6.45, 7) is 5.20. The topological polar surface area (TPSA) is 38.5 Å². The number of nitrogens with zero attached hydrogens (tertiary/aromatic N) is 1. The number of rotatable bonds is 3. The van der Waals surface area contributed by atoms with E-state index >= 15 is 0 Å². The van der Waals surface area contributed by atoms with Crippen LogP contribution in [0.4, 0.5) is 11.4 Å². The van der Waals surface area contributed by atoms with Gasteiger partial charge in [-0.05, 0) is 37.6 Å². The molecule has 3 aliphatic rings. The largest absolute Gasteiger partial charge is 0.399 e. The van der Waals surface area contributed by atoms with Crippen molar-refractivity contribution in [2.45, 2.75) is 19.4 Å². The fourth-order valence-electron chi connectivity index (χ4n) is 3.20. The predicted octanol–water partition coefficient (Wildman–Crippen LogP) is 2.13. The molecule has 2 heterocycles. The number of anilines is 2. The van der Waals surface area contributed by atoms with Crippen LogP contribution in [0.3, 0.4) is 0 Å². The highest BCUT2D eigenvalue weighted by atomic mass is 16.5. The second kappa shape index (κ2) is 4.22. The zero-order valence-electron chi connectivity index (χ0n) is 10.3. The van der Waals surface area contributed by atoms with Crippen LogP contribution in [-0.4, -0.2) is 25.8 Å². The van der Waals surface area contributed by atoms with Gasteiger partial charge in [0.05, 0.1) is 6.10 Å². The van der Waals surface area contributed by atoms with Gasteiger partial charge in [-0.2, -0.15) is 0 Å². The lowest BCUT2D eigenvalue weighted by atomic mass is 9.68. The highest BCUT2D eigenvalue weighted by Crippen LogP contribution is 2.43. The highest BCUT2D eigenvalue weighted by Gasteiger charge is 2.47. The van der Waals surface area contributed by atoms with Crippen molar-refractivity contribution < 1.29 is 4.74 Å². The van der Waals surface area contributed by atoms with E-state index in [1.165, 1.54) is 12.1 Å². The number of hydrogen-bond donors (Lipinski definition) is 1. The Balaban J connectivity index is 1.67. The minimum atomic E-state index is 0.519. The molecule has 2 saturated heterocycles. The lowest BCUT2D eigenvalue weighted by molar-refractivity contribution is -0.0995. The van der Waals surface area contributed by atoms with Gasteiger partial charge in [0, 0.05) is 42.9 Å². The van der Waals surface area contributed by atoms with Crippen LogP contribution in [0.25, 0.3) is 0 Å². The van der Waals surface area contributed by atoms with Crippen molar-refractivity contribution >= 4 is 11.4 Å². The van der Waals surface area contributed by atoms with E-state index in [0.29, 0.717) is 6.10 Å². The van der Waals surface area contributed by atoms with Gasteiger partial charge in [0.2, 0.25) is 0 Å². The molecule has 1 aromatic carbocycles. The summed E-state index contributed by atoms with van der Waals surface area (Å²) in [6.07, 6.45) is 1.86. The van der Waals surface area contributed by atoms with Gasteiger partial charge in [-0.3, -0.25) is 0 Å². The summed E-state index contributed by atoms with van der Waals surface area (Å²) in [7, 11) is 0. The van der Waals surface area contributed by atoms with Crippen LogP contribution in [0.5, 0.6) is 0 Å². The smallest absolute Gasteiger partial charge is 0.0665 e. The van der Waals surface area contributed by atoms with E-state index in [-0.39, 0.29) is 0 Å². The lowest BCUT2D eigenvalue weighted by Crippen LogP contribution is -2.59. The average Bonchev–Trinajstić information content (AvgIpc) is 2.37. The van der Waals surface area contributed by atoms with Gasteiger partial charge in [0.15, 0.2) is 0 Å². The first-order valence-electron chi connectivity index (χ1n) is 6.50. The molecule has 92 valence electrons. The number of piperidine rings is 2. The van der Waals surface area contributed by atoms with Gasteiger partial charge >= 0.3 is 0 Å². The molecule has 3 heteroatoms. The van der Waals surface area contributed by atoms with Crippen molar-refractivity contribution in [1.82, 2.24) is 0 Å². The highest BCUT2D eigenvalue weighted by molar-refractivity contribution is 5.53. The van der Waals surface area contributed by atoms with E-state index in [4.69, 9.17) is 10.5 Å². The van der Waals surface area contributed by atoms with Gasteiger partial charge in [-0.25, -0.2) is 0 Å². The van der Waals surface area contributed by atoms with E-state index in [0.717, 1.165) is 37.2 Å². The number of benzene rings is 1. The monoisotopic (exact) mass is 232 g/mol. The summed E-state index contributed by atoms with van der Waals surface area (Å²) in [6, 6.07) is 8.21. The molecule has 4 rings (SSSR count). The van der Waals surface area contributed by atoms with Crippen LogP contribution >= 0.6 is 0 Å². The summed E-state index contributed by atoms with van der Waals surface area (Å²) >= 11 is 0. The molecular formula is C14H20N2O. The van der Waals surface area contributed by atoms with E-state index in [1.54, 1.807) is 0 Å². The van der Waals surface area contributed by atoms with E-state index in [9.17, 15) is 0 Å². The van der Waals surface area contributed by atoms with Gasteiger partial charge < -0.3 is 15.4 Å². The first kappa shape index (κ1) is 10.9. The van der Waals surface area contributed by atoms with Crippen LogP contribution in [0.15, 0.2) is 24.3 Å². The van der Waals surface area contributed by atoms with Crippen LogP contribution < -0.4 is 10.6 Å². The molecule has 1 aromatic rings. The molecule has 2 N–H and O–H groups in total. The molecule has 3 nitrogen and oxygen atoms in total. The van der Waals surface area contributed by atoms with Crippen molar-refractivity contribution in [2.24, 2.45) is 11.8 Å². The summed E-state index contributed by atoms with van der Waals surface area (Å²) < 4.78 is 5.80. The standard InChI is InChI=1S/C14H20N2O/c1-2-17-14-10-7-11(14)9-16(8-10)13-5-3-12(15)4-6-13/h3-6,10-11,14H,2,7-9,15H2,1H3/t10-,11-/m0/s1. The van der Waals surface area contributed by atoms with Crippen molar-refractivity contribution in [3.63, 3.8) is 0 Å². The number of ether oxygens (including phenoxy) is 1. The third-order valence-corrected chi connectivity index (χ3v) is 4.06. The number of fused-ring (bicyclic) bond motifs is 2. The first-order valence-corrected chi connectivity index (χ1v) is 6.50. The molecule has 2 bridgehead atoms. The molecule has 2 atom stereocenters. The third-order valence-electron chi connectivity index (χ3n) is 4.06. The third kappa shape index (κ3) is 1.89. The minimum Gasteiger partial charge on any atom is -0.399 e. The maximum Gasteiger partial charge on any atom is 0.0665 e. The summed E-state index contributed by atoms with van der Waals surface area (Å²) in [4.78, 5) is 2.47. The molecule has 1 aliphatic carbocycles. The Morgan fingerprint density at radius 1 is 1.24 bits per heavy atom. The van der Waals surface area contributed by atoms with Crippen molar-refractivity contribution in [3.05, 3.63) is 24.3 Å². The SMILES string of the molecule is CCOC1[C@H]2C[C@H]1CN(c1ccc(N)cc1)C2. The van der Waals surface area contributed by atoms with Gasteiger partial charge in [-0.15, -0.1) is 0 Å². The predicted molar refractivity (Wildman–Crippen MR) is 70.1 cm³/mol. The summed E-state index contributed by atoms with van der Waals surface area (Å²) in [5, 5.41) is 0. The van der Waals surface area contributed by atoms with Gasteiger partial charge in [-0.1, -0.05) is 0 Å². The van der Waals surface area contributed by atoms with E-state index in [1.807, 2.05) is 12.1 Å². The molecular weight excluding hydrogens is 212 g/mol. The summed E-state index contributed by atoms with van der Waals surface area (Å²) in [5.41, 5.74) is 7.85. The second-order valence-corrected chi connectivity index (χ2v) is 5.17. The van der Waals surface area contributed by atoms with Crippen LogP contribution in [0.2, 0.25) is 0 Å². The Morgan fingerprint density at radius 3 is 2.47 bits per heavy atom. The summed E-state index contributed by atoms with van der Waals surface area (Å²) in [5.74, 6) is 1.46. The minimum absolute atomic E-state index is 0.519. The van der Waals surface area contributed by atoms with Crippen LogP contribution in [0, 0.1) is 11.8 Å². The van der Waals surface area contributed by atoms with Crippen molar-refractivity contribution in [1.29, 1.82) is 0 Å². The van der Waals surface area contributed by atoms with Crippen LogP contribution in [0.1, 0.15) is 13.3 Å². The zero-order valence-corrected chi connectivity index (χ0v) is 10.3. The molecule has 0 aromatic heterocycles.